The van der Waals surface area contributed by atoms with Crippen LogP contribution in [0.4, 0.5) is 26.3 Å². The van der Waals surface area contributed by atoms with Crippen molar-refractivity contribution in [3.63, 3.8) is 0 Å². The van der Waals surface area contributed by atoms with Crippen LogP contribution in [0.25, 0.3) is 0 Å². The molecule has 1 rings (SSSR count). The maximum absolute atomic E-state index is 12.6. The molecule has 0 bridgehead atoms. The molecule has 0 aliphatic heterocycles. The highest BCUT2D eigenvalue weighted by molar-refractivity contribution is 5.70. The van der Waals surface area contributed by atoms with Crippen molar-refractivity contribution in [3.05, 3.63) is 34.9 Å². The zero-order valence-corrected chi connectivity index (χ0v) is 11.3. The van der Waals surface area contributed by atoms with Crippen molar-refractivity contribution in [3.8, 4) is 0 Å². The summed E-state index contributed by atoms with van der Waals surface area (Å²) in [4.78, 5) is 11.2. The Hall–Kier alpha value is -1.77. The van der Waals surface area contributed by atoms with Crippen molar-refractivity contribution in [2.75, 3.05) is 6.61 Å². The highest BCUT2D eigenvalue weighted by Crippen LogP contribution is 2.37. The van der Waals surface area contributed by atoms with Crippen molar-refractivity contribution in [2.45, 2.75) is 31.8 Å². The Morgan fingerprint density at radius 1 is 1.09 bits per heavy atom. The number of benzene rings is 1. The largest absolute Gasteiger partial charge is 0.466 e. The molecule has 0 amide bonds. The summed E-state index contributed by atoms with van der Waals surface area (Å²) in [6, 6.07) is 0.693. The lowest BCUT2D eigenvalue weighted by Crippen LogP contribution is -2.15. The van der Waals surface area contributed by atoms with Gasteiger partial charge in [0.2, 0.25) is 0 Å². The fourth-order valence-corrected chi connectivity index (χ4v) is 1.67. The number of carbonyl (C=O) groups is 1. The first-order valence-corrected chi connectivity index (χ1v) is 6.08. The lowest BCUT2D eigenvalue weighted by atomic mass is 9.99. The Morgan fingerprint density at radius 3 is 1.91 bits per heavy atom. The number of ether oxygens (including phenoxy) is 1. The van der Waals surface area contributed by atoms with Gasteiger partial charge in [-0.2, -0.15) is 26.3 Å². The smallest absolute Gasteiger partial charge is 0.416 e. The minimum absolute atomic E-state index is 0.0258. The molecule has 0 heterocycles. The normalized spacial score (nSPS) is 13.8. The highest BCUT2D eigenvalue weighted by Gasteiger charge is 2.37. The summed E-state index contributed by atoms with van der Waals surface area (Å²) < 4.78 is 80.3. The molecule has 0 saturated carbocycles. The van der Waals surface area contributed by atoms with Gasteiger partial charge >= 0.3 is 18.3 Å². The third-order valence-corrected chi connectivity index (χ3v) is 2.66. The van der Waals surface area contributed by atoms with E-state index in [1.54, 1.807) is 0 Å². The van der Waals surface area contributed by atoms with E-state index in [1.165, 1.54) is 6.92 Å². The van der Waals surface area contributed by atoms with Crippen LogP contribution >= 0.6 is 0 Å². The number of esters is 1. The van der Waals surface area contributed by atoms with Gasteiger partial charge in [-0.15, -0.1) is 0 Å². The zero-order valence-electron chi connectivity index (χ0n) is 11.3. The number of hydrogen-bond acceptors (Lipinski definition) is 3. The van der Waals surface area contributed by atoms with Gasteiger partial charge < -0.3 is 9.84 Å². The van der Waals surface area contributed by atoms with Crippen LogP contribution in [0.15, 0.2) is 18.2 Å². The minimum Gasteiger partial charge on any atom is -0.466 e. The Labute approximate surface area is 121 Å². The van der Waals surface area contributed by atoms with E-state index < -0.39 is 47.5 Å². The predicted octanol–water partition coefficient (Wildman–Crippen LogP) is 3.71. The summed E-state index contributed by atoms with van der Waals surface area (Å²) in [7, 11) is 0. The van der Waals surface area contributed by atoms with Gasteiger partial charge in [-0.1, -0.05) is 0 Å². The SMILES string of the molecule is CCOC(=O)CC(O)c1cc(C(F)(F)F)cc(C(F)(F)F)c1. The average Bonchev–Trinajstić information content (AvgIpc) is 2.36. The lowest BCUT2D eigenvalue weighted by molar-refractivity contribution is -0.145. The molecule has 1 unspecified atom stereocenters. The first kappa shape index (κ1) is 18.3. The summed E-state index contributed by atoms with van der Waals surface area (Å²) in [6.45, 7) is 1.44. The molecule has 0 aliphatic rings. The molecule has 1 aromatic rings. The van der Waals surface area contributed by atoms with E-state index in [-0.39, 0.29) is 12.7 Å². The van der Waals surface area contributed by atoms with E-state index in [0.717, 1.165) is 0 Å². The summed E-state index contributed by atoms with van der Waals surface area (Å²) in [5.41, 5.74) is -3.77. The molecule has 0 aromatic heterocycles. The summed E-state index contributed by atoms with van der Waals surface area (Å²) >= 11 is 0. The van der Waals surface area contributed by atoms with E-state index in [9.17, 15) is 36.2 Å². The number of alkyl halides is 6. The first-order chi connectivity index (χ1) is 9.95. The van der Waals surface area contributed by atoms with Crippen LogP contribution in [0.5, 0.6) is 0 Å². The summed E-state index contributed by atoms with van der Waals surface area (Å²) in [5.74, 6) is -0.930. The molecular formula is C13H12F6O3. The topological polar surface area (TPSA) is 46.5 Å². The second kappa shape index (κ2) is 6.55. The van der Waals surface area contributed by atoms with Gasteiger partial charge in [0.1, 0.15) is 0 Å². The molecule has 9 heteroatoms. The van der Waals surface area contributed by atoms with Crippen LogP contribution in [0.2, 0.25) is 0 Å². The molecule has 0 aliphatic carbocycles. The maximum Gasteiger partial charge on any atom is 0.416 e. The fourth-order valence-electron chi connectivity index (χ4n) is 1.67. The fraction of sp³-hybridized carbons (Fsp3) is 0.462. The van der Waals surface area contributed by atoms with Gasteiger partial charge in [0.05, 0.1) is 30.3 Å². The monoisotopic (exact) mass is 330 g/mol. The van der Waals surface area contributed by atoms with E-state index >= 15 is 0 Å². The molecule has 22 heavy (non-hydrogen) atoms. The molecule has 1 atom stereocenters. The van der Waals surface area contributed by atoms with E-state index in [2.05, 4.69) is 4.74 Å². The Morgan fingerprint density at radius 2 is 1.55 bits per heavy atom. The lowest BCUT2D eigenvalue weighted by Gasteiger charge is -2.17. The second-order valence-electron chi connectivity index (χ2n) is 4.36. The van der Waals surface area contributed by atoms with E-state index in [1.807, 2.05) is 0 Å². The van der Waals surface area contributed by atoms with Crippen LogP contribution in [0, 0.1) is 0 Å². The highest BCUT2D eigenvalue weighted by atomic mass is 19.4. The minimum atomic E-state index is -5.01. The van der Waals surface area contributed by atoms with Gasteiger partial charge in [0.15, 0.2) is 0 Å². The standard InChI is InChI=1S/C13H12F6O3/c1-2-22-11(21)6-10(20)7-3-8(12(14,15)16)5-9(4-7)13(17,18)19/h3-5,10,20H,2,6H2,1H3. The van der Waals surface area contributed by atoms with E-state index in [0.29, 0.717) is 12.1 Å². The van der Waals surface area contributed by atoms with Crippen molar-refractivity contribution < 1.29 is 41.0 Å². The van der Waals surface area contributed by atoms with Gasteiger partial charge in [0, 0.05) is 0 Å². The maximum atomic E-state index is 12.6. The molecule has 3 nitrogen and oxygen atoms in total. The van der Waals surface area contributed by atoms with Crippen molar-refractivity contribution in [1.29, 1.82) is 0 Å². The number of aliphatic hydroxyl groups is 1. The molecule has 1 N–H and O–H groups in total. The van der Waals surface area contributed by atoms with Gasteiger partial charge in [-0.25, -0.2) is 0 Å². The Balaban J connectivity index is 3.21. The molecular weight excluding hydrogens is 318 g/mol. The number of carbonyl (C=O) groups excluding carboxylic acids is 1. The number of aliphatic hydroxyl groups excluding tert-OH is 1. The molecule has 0 saturated heterocycles. The third-order valence-electron chi connectivity index (χ3n) is 2.66. The van der Waals surface area contributed by atoms with Crippen LogP contribution < -0.4 is 0 Å². The van der Waals surface area contributed by atoms with Crippen LogP contribution in [0.3, 0.4) is 0 Å². The van der Waals surface area contributed by atoms with Crippen molar-refractivity contribution >= 4 is 5.97 Å². The summed E-state index contributed by atoms with van der Waals surface area (Å²) in [6.07, 6.45) is -12.6. The number of rotatable bonds is 4. The molecule has 0 spiro atoms. The zero-order chi connectivity index (χ0) is 17.1. The van der Waals surface area contributed by atoms with Gasteiger partial charge in [-0.05, 0) is 30.7 Å². The average molecular weight is 330 g/mol. The van der Waals surface area contributed by atoms with E-state index in [4.69, 9.17) is 0 Å². The van der Waals surface area contributed by atoms with Crippen LogP contribution in [-0.2, 0) is 21.9 Å². The van der Waals surface area contributed by atoms with Gasteiger partial charge in [0.25, 0.3) is 0 Å². The summed E-state index contributed by atoms with van der Waals surface area (Å²) in [5, 5.41) is 9.66. The Kier molecular flexibility index (Phi) is 5.44. The van der Waals surface area contributed by atoms with Crippen LogP contribution in [-0.4, -0.2) is 17.7 Å². The van der Waals surface area contributed by atoms with Crippen molar-refractivity contribution in [1.82, 2.24) is 0 Å². The predicted molar refractivity (Wildman–Crippen MR) is 62.7 cm³/mol. The third kappa shape index (κ3) is 4.90. The number of halogens is 6. The molecule has 0 fully saturated rings. The second-order valence-corrected chi connectivity index (χ2v) is 4.36. The van der Waals surface area contributed by atoms with Crippen LogP contribution in [0.1, 0.15) is 36.1 Å². The van der Waals surface area contributed by atoms with Gasteiger partial charge in [-0.3, -0.25) is 4.79 Å². The first-order valence-electron chi connectivity index (χ1n) is 6.08. The molecule has 124 valence electrons. The molecule has 0 radical (unpaired) electrons. The van der Waals surface area contributed by atoms with Crippen molar-refractivity contribution in [2.24, 2.45) is 0 Å². The molecule has 1 aromatic carbocycles. The number of hydrogen-bond donors (Lipinski definition) is 1. The quantitative estimate of drug-likeness (QED) is 0.676. The Bertz CT molecular complexity index is 503.